The molecular formula is C27H39NO2. The summed E-state index contributed by atoms with van der Waals surface area (Å²) in [5.41, 5.74) is 2.73. The molecule has 3 rings (SSSR count). The Morgan fingerprint density at radius 1 is 0.567 bits per heavy atom. The molecule has 0 bridgehead atoms. The Balaban J connectivity index is -0.000000325. The lowest BCUT2D eigenvalue weighted by molar-refractivity contribution is 0.471. The van der Waals surface area contributed by atoms with Crippen molar-refractivity contribution in [3.05, 3.63) is 95.6 Å². The van der Waals surface area contributed by atoms with E-state index in [9.17, 15) is 0 Å². The van der Waals surface area contributed by atoms with Crippen LogP contribution in [0.2, 0.25) is 0 Å². The molecule has 164 valence electrons. The maximum atomic E-state index is 8.92. The Labute approximate surface area is 184 Å². The van der Waals surface area contributed by atoms with E-state index in [1.807, 2.05) is 104 Å². The highest BCUT2D eigenvalue weighted by Crippen LogP contribution is 2.12. The number of phenols is 2. The van der Waals surface area contributed by atoms with E-state index in [4.69, 9.17) is 15.5 Å². The van der Waals surface area contributed by atoms with Crippen molar-refractivity contribution in [2.24, 2.45) is 0 Å². The Bertz CT molecular complexity index is 757. The molecule has 3 aromatic carbocycles. The summed E-state index contributed by atoms with van der Waals surface area (Å²) in [5, 5.41) is 26.0. The van der Waals surface area contributed by atoms with E-state index in [0.29, 0.717) is 11.5 Å². The van der Waals surface area contributed by atoms with Crippen LogP contribution in [0.3, 0.4) is 0 Å². The van der Waals surface area contributed by atoms with Gasteiger partial charge in [-0.15, -0.1) is 0 Å². The lowest BCUT2D eigenvalue weighted by Crippen LogP contribution is -1.77. The molecule has 0 atom stereocenters. The number of phenolic OH excluding ortho intramolecular Hbond substituents is 2. The van der Waals surface area contributed by atoms with Crippen molar-refractivity contribution >= 4 is 0 Å². The normalized spacial score (nSPS) is 7.57. The zero-order valence-corrected chi connectivity index (χ0v) is 19.8. The monoisotopic (exact) mass is 409 g/mol. The quantitative estimate of drug-likeness (QED) is 0.395. The first-order valence-corrected chi connectivity index (χ1v) is 10.5. The Hall–Kier alpha value is -3.25. The summed E-state index contributed by atoms with van der Waals surface area (Å²) in [4.78, 5) is 0. The minimum Gasteiger partial charge on any atom is -0.508 e. The summed E-state index contributed by atoms with van der Waals surface area (Å²) in [5.74, 6) is 0.690. The van der Waals surface area contributed by atoms with Crippen LogP contribution < -0.4 is 0 Å². The topological polar surface area (TPSA) is 64.2 Å². The van der Waals surface area contributed by atoms with Crippen LogP contribution in [0.4, 0.5) is 0 Å². The van der Waals surface area contributed by atoms with Crippen molar-refractivity contribution in [2.75, 3.05) is 0 Å². The minimum atomic E-state index is 0.322. The third kappa shape index (κ3) is 16.9. The maximum absolute atomic E-state index is 8.92. The van der Waals surface area contributed by atoms with Crippen LogP contribution in [0.5, 0.6) is 11.5 Å². The van der Waals surface area contributed by atoms with Gasteiger partial charge in [0.05, 0.1) is 11.6 Å². The smallest absolute Gasteiger partial charge is 0.118 e. The fourth-order valence-electron chi connectivity index (χ4n) is 1.69. The molecule has 30 heavy (non-hydrogen) atoms. The largest absolute Gasteiger partial charge is 0.508 e. The van der Waals surface area contributed by atoms with Crippen LogP contribution in [0.1, 0.15) is 58.2 Å². The minimum absolute atomic E-state index is 0.322. The molecule has 0 aliphatic rings. The molecule has 0 saturated heterocycles. The van der Waals surface area contributed by atoms with Gasteiger partial charge in [0.25, 0.3) is 0 Å². The molecule has 0 unspecified atom stereocenters. The summed E-state index contributed by atoms with van der Waals surface area (Å²) in [6.07, 6.45) is 0. The molecule has 0 aliphatic carbocycles. The first-order valence-electron chi connectivity index (χ1n) is 10.5. The van der Waals surface area contributed by atoms with Crippen LogP contribution in [0, 0.1) is 25.2 Å². The van der Waals surface area contributed by atoms with Gasteiger partial charge in [-0.25, -0.2) is 0 Å². The molecule has 0 spiro atoms. The summed E-state index contributed by atoms with van der Waals surface area (Å²) in [6, 6.07) is 25.6. The third-order valence-corrected chi connectivity index (χ3v) is 3.14. The molecule has 3 nitrogen and oxygen atoms in total. The number of para-hydroxylation sites is 2. The first kappa shape index (κ1) is 31.4. The summed E-state index contributed by atoms with van der Waals surface area (Å²) >= 11 is 0. The second-order valence-corrected chi connectivity index (χ2v) is 5.05. The van der Waals surface area contributed by atoms with Gasteiger partial charge in [-0.1, -0.05) is 96.1 Å². The Morgan fingerprint density at radius 3 is 1.23 bits per heavy atom. The Morgan fingerprint density at radius 2 is 0.967 bits per heavy atom. The standard InChI is InChI=1S/C8H7N.C7H8O.C6H6O.3C2H6/c1-7-4-2-3-5-8(7)6-9;1-6-4-2-3-5-7(6)8;7-6-4-2-1-3-5-6;3*1-2/h2-5H,1H3;2-5,8H,1H3;1-5,7H;3*1-2H3. The molecule has 0 heterocycles. The SMILES string of the molecule is CC.CC.CC.Cc1ccccc1C#N.Cc1ccccc1O.Oc1ccccc1. The van der Waals surface area contributed by atoms with E-state index in [-0.39, 0.29) is 0 Å². The summed E-state index contributed by atoms with van der Waals surface area (Å²) in [7, 11) is 0. The second-order valence-electron chi connectivity index (χ2n) is 5.05. The zero-order chi connectivity index (χ0) is 23.8. The predicted octanol–water partition coefficient (Wildman–Crippen LogP) is 8.04. The average Bonchev–Trinajstić information content (AvgIpc) is 2.82. The van der Waals surface area contributed by atoms with Crippen LogP contribution in [-0.2, 0) is 0 Å². The van der Waals surface area contributed by atoms with Gasteiger partial charge in [0.1, 0.15) is 11.5 Å². The highest BCUT2D eigenvalue weighted by molar-refractivity contribution is 5.35. The van der Waals surface area contributed by atoms with Crippen molar-refractivity contribution in [2.45, 2.75) is 55.4 Å². The fourth-order valence-corrected chi connectivity index (χ4v) is 1.69. The van der Waals surface area contributed by atoms with Crippen LogP contribution in [-0.4, -0.2) is 10.2 Å². The van der Waals surface area contributed by atoms with Crippen molar-refractivity contribution in [3.8, 4) is 17.6 Å². The molecule has 0 saturated carbocycles. The molecule has 0 aliphatic heterocycles. The molecule has 3 heteroatoms. The second kappa shape index (κ2) is 23.8. The van der Waals surface area contributed by atoms with Crippen LogP contribution in [0.15, 0.2) is 78.9 Å². The third-order valence-electron chi connectivity index (χ3n) is 3.14. The molecule has 0 fully saturated rings. The van der Waals surface area contributed by atoms with E-state index in [1.165, 1.54) is 0 Å². The fraction of sp³-hybridized carbons (Fsp3) is 0.296. The van der Waals surface area contributed by atoms with E-state index >= 15 is 0 Å². The van der Waals surface area contributed by atoms with Crippen LogP contribution >= 0.6 is 0 Å². The lowest BCUT2D eigenvalue weighted by Gasteiger charge is -1.92. The number of nitrogens with zero attached hydrogens (tertiary/aromatic N) is 1. The number of aryl methyl sites for hydroxylation is 2. The maximum Gasteiger partial charge on any atom is 0.118 e. The van der Waals surface area contributed by atoms with Gasteiger partial charge >= 0.3 is 0 Å². The lowest BCUT2D eigenvalue weighted by atomic mass is 10.1. The molecule has 0 amide bonds. The van der Waals surface area contributed by atoms with Gasteiger partial charge in [0, 0.05) is 0 Å². The van der Waals surface area contributed by atoms with Crippen molar-refractivity contribution in [1.29, 1.82) is 5.26 Å². The molecule has 2 N–H and O–H groups in total. The van der Waals surface area contributed by atoms with Gasteiger partial charge in [-0.2, -0.15) is 5.26 Å². The van der Waals surface area contributed by atoms with Crippen molar-refractivity contribution in [3.63, 3.8) is 0 Å². The highest BCUT2D eigenvalue weighted by atomic mass is 16.3. The van der Waals surface area contributed by atoms with Gasteiger partial charge in [-0.3, -0.25) is 0 Å². The summed E-state index contributed by atoms with van der Waals surface area (Å²) in [6.45, 7) is 15.8. The van der Waals surface area contributed by atoms with Crippen molar-refractivity contribution < 1.29 is 10.2 Å². The van der Waals surface area contributed by atoms with E-state index in [0.717, 1.165) is 16.7 Å². The number of hydrogen-bond acceptors (Lipinski definition) is 3. The predicted molar refractivity (Wildman–Crippen MR) is 131 cm³/mol. The van der Waals surface area contributed by atoms with E-state index < -0.39 is 0 Å². The van der Waals surface area contributed by atoms with Gasteiger partial charge in [0.15, 0.2) is 0 Å². The molecule has 0 aromatic heterocycles. The van der Waals surface area contributed by atoms with Gasteiger partial charge in [0.2, 0.25) is 0 Å². The molecular weight excluding hydrogens is 370 g/mol. The number of benzene rings is 3. The number of aromatic hydroxyl groups is 2. The van der Waals surface area contributed by atoms with Crippen molar-refractivity contribution in [1.82, 2.24) is 0 Å². The summed E-state index contributed by atoms with van der Waals surface area (Å²) < 4.78 is 0. The highest BCUT2D eigenvalue weighted by Gasteiger charge is 1.90. The first-order chi connectivity index (χ1) is 14.5. The number of rotatable bonds is 0. The van der Waals surface area contributed by atoms with Gasteiger partial charge in [-0.05, 0) is 49.2 Å². The average molecular weight is 410 g/mol. The molecule has 3 aromatic rings. The van der Waals surface area contributed by atoms with E-state index in [1.54, 1.807) is 30.3 Å². The zero-order valence-electron chi connectivity index (χ0n) is 19.8. The number of nitriles is 1. The van der Waals surface area contributed by atoms with Gasteiger partial charge < -0.3 is 10.2 Å². The Kier molecular flexibility index (Phi) is 24.9. The number of hydrogen-bond donors (Lipinski definition) is 2. The molecule has 0 radical (unpaired) electrons. The van der Waals surface area contributed by atoms with Crippen LogP contribution in [0.25, 0.3) is 0 Å². The van der Waals surface area contributed by atoms with E-state index in [2.05, 4.69) is 6.07 Å².